The summed E-state index contributed by atoms with van der Waals surface area (Å²) < 4.78 is 15.6. The number of fused-ring (bicyclic) bond motifs is 1. The number of nitrogens with zero attached hydrogens (tertiary/aromatic N) is 2. The number of halogens is 2. The zero-order valence-corrected chi connectivity index (χ0v) is 13.1. The molecule has 0 aliphatic carbocycles. The fraction of sp³-hybridized carbons (Fsp3) is 0.176. The van der Waals surface area contributed by atoms with Crippen LogP contribution >= 0.6 is 11.6 Å². The molecule has 1 heterocycles. The maximum absolute atomic E-state index is 13.6. The molecule has 0 aliphatic heterocycles. The Morgan fingerprint density at radius 2 is 2.09 bits per heavy atom. The quantitative estimate of drug-likeness (QED) is 0.725. The Morgan fingerprint density at radius 1 is 1.26 bits per heavy atom. The molecule has 0 radical (unpaired) electrons. The lowest BCUT2D eigenvalue weighted by atomic mass is 10.2. The van der Waals surface area contributed by atoms with Gasteiger partial charge in [0.25, 0.3) is 5.91 Å². The predicted octanol–water partition coefficient (Wildman–Crippen LogP) is 3.65. The molecule has 4 nitrogen and oxygen atoms in total. The second-order valence-electron chi connectivity index (χ2n) is 5.16. The van der Waals surface area contributed by atoms with E-state index >= 15 is 0 Å². The van der Waals surface area contributed by atoms with Crippen LogP contribution in [0.1, 0.15) is 16.8 Å². The highest BCUT2D eigenvalue weighted by molar-refractivity contribution is 6.31. The molecule has 0 bridgehead atoms. The third-order valence-corrected chi connectivity index (χ3v) is 3.80. The van der Waals surface area contributed by atoms with E-state index in [2.05, 4.69) is 10.3 Å². The lowest BCUT2D eigenvalue weighted by molar-refractivity contribution is 0.0949. The van der Waals surface area contributed by atoms with Crippen molar-refractivity contribution in [2.45, 2.75) is 13.0 Å². The molecule has 118 valence electrons. The van der Waals surface area contributed by atoms with Crippen molar-refractivity contribution >= 4 is 28.5 Å². The highest BCUT2D eigenvalue weighted by Crippen LogP contribution is 2.15. The molecule has 1 N–H and O–H groups in total. The summed E-state index contributed by atoms with van der Waals surface area (Å²) in [6.45, 7) is 1.16. The average Bonchev–Trinajstić information content (AvgIpc) is 2.97. The molecular weight excluding hydrogens is 317 g/mol. The maximum Gasteiger partial charge on any atom is 0.254 e. The SMILES string of the molecule is O=C(NCCCn1cnc2ccccc21)c1cc(Cl)ccc1F. The van der Waals surface area contributed by atoms with E-state index in [1.807, 2.05) is 28.8 Å². The van der Waals surface area contributed by atoms with Gasteiger partial charge in [-0.1, -0.05) is 23.7 Å². The van der Waals surface area contributed by atoms with E-state index in [0.29, 0.717) is 18.0 Å². The van der Waals surface area contributed by atoms with E-state index in [0.717, 1.165) is 17.6 Å². The number of para-hydroxylation sites is 2. The first-order valence-electron chi connectivity index (χ1n) is 7.28. The summed E-state index contributed by atoms with van der Waals surface area (Å²) >= 11 is 5.79. The zero-order chi connectivity index (χ0) is 16.2. The average molecular weight is 332 g/mol. The Kier molecular flexibility index (Phi) is 4.57. The molecule has 23 heavy (non-hydrogen) atoms. The smallest absolute Gasteiger partial charge is 0.254 e. The minimum atomic E-state index is -0.576. The minimum absolute atomic E-state index is 0.0365. The number of aromatic nitrogens is 2. The Morgan fingerprint density at radius 3 is 2.96 bits per heavy atom. The molecule has 0 fully saturated rings. The molecule has 6 heteroatoms. The second-order valence-corrected chi connectivity index (χ2v) is 5.60. The van der Waals surface area contributed by atoms with E-state index in [1.54, 1.807) is 6.33 Å². The van der Waals surface area contributed by atoms with Gasteiger partial charge in [-0.3, -0.25) is 4.79 Å². The molecule has 0 atom stereocenters. The van der Waals surface area contributed by atoms with Crippen LogP contribution in [0.25, 0.3) is 11.0 Å². The summed E-state index contributed by atoms with van der Waals surface area (Å²) in [4.78, 5) is 16.3. The van der Waals surface area contributed by atoms with Gasteiger partial charge < -0.3 is 9.88 Å². The first-order chi connectivity index (χ1) is 11.1. The predicted molar refractivity (Wildman–Crippen MR) is 88.1 cm³/mol. The Bertz CT molecular complexity index is 847. The van der Waals surface area contributed by atoms with E-state index in [4.69, 9.17) is 11.6 Å². The second kappa shape index (κ2) is 6.79. The van der Waals surface area contributed by atoms with Crippen molar-refractivity contribution in [2.75, 3.05) is 6.54 Å². The van der Waals surface area contributed by atoms with Crippen LogP contribution < -0.4 is 5.32 Å². The van der Waals surface area contributed by atoms with Gasteiger partial charge in [0.1, 0.15) is 5.82 Å². The van der Waals surface area contributed by atoms with Crippen LogP contribution in [0.2, 0.25) is 5.02 Å². The van der Waals surface area contributed by atoms with Crippen LogP contribution in [-0.4, -0.2) is 22.0 Å². The molecule has 1 amide bonds. The fourth-order valence-electron chi connectivity index (χ4n) is 2.41. The van der Waals surface area contributed by atoms with E-state index in [9.17, 15) is 9.18 Å². The van der Waals surface area contributed by atoms with Crippen LogP contribution in [0.3, 0.4) is 0 Å². The van der Waals surface area contributed by atoms with E-state index in [1.165, 1.54) is 18.2 Å². The monoisotopic (exact) mass is 331 g/mol. The topological polar surface area (TPSA) is 46.9 Å². The molecule has 0 saturated heterocycles. The van der Waals surface area contributed by atoms with Crippen LogP contribution in [0.5, 0.6) is 0 Å². The molecule has 1 aromatic heterocycles. The van der Waals surface area contributed by atoms with E-state index in [-0.39, 0.29) is 5.56 Å². The molecule has 0 aliphatic rings. The first-order valence-corrected chi connectivity index (χ1v) is 7.66. The van der Waals surface area contributed by atoms with Crippen LogP contribution in [0, 0.1) is 5.82 Å². The number of imidazole rings is 1. The lowest BCUT2D eigenvalue weighted by Gasteiger charge is -2.07. The third kappa shape index (κ3) is 3.51. The first kappa shape index (κ1) is 15.5. The van der Waals surface area contributed by atoms with Gasteiger partial charge in [-0.15, -0.1) is 0 Å². The van der Waals surface area contributed by atoms with Crippen molar-refractivity contribution in [2.24, 2.45) is 0 Å². The summed E-state index contributed by atoms with van der Waals surface area (Å²) in [6, 6.07) is 11.8. The maximum atomic E-state index is 13.6. The van der Waals surface area contributed by atoms with Crippen LogP contribution in [-0.2, 0) is 6.54 Å². The molecule has 0 unspecified atom stereocenters. The molecule has 2 aromatic carbocycles. The van der Waals surface area contributed by atoms with Crippen molar-refractivity contribution in [3.8, 4) is 0 Å². The fourth-order valence-corrected chi connectivity index (χ4v) is 2.58. The Balaban J connectivity index is 1.55. The summed E-state index contributed by atoms with van der Waals surface area (Å²) in [5, 5.41) is 3.04. The third-order valence-electron chi connectivity index (χ3n) is 3.56. The highest BCUT2D eigenvalue weighted by Gasteiger charge is 2.11. The van der Waals surface area contributed by atoms with Gasteiger partial charge in [0.05, 0.1) is 22.9 Å². The van der Waals surface area contributed by atoms with Gasteiger partial charge in [-0.05, 0) is 36.8 Å². The summed E-state index contributed by atoms with van der Waals surface area (Å²) in [5.74, 6) is -1.03. The summed E-state index contributed by atoms with van der Waals surface area (Å²) in [5.41, 5.74) is 1.96. The number of carbonyl (C=O) groups is 1. The van der Waals surface area contributed by atoms with Gasteiger partial charge in [0.2, 0.25) is 0 Å². The minimum Gasteiger partial charge on any atom is -0.352 e. The van der Waals surface area contributed by atoms with Crippen molar-refractivity contribution < 1.29 is 9.18 Å². The Labute approximate surface area is 137 Å². The van der Waals surface area contributed by atoms with Gasteiger partial charge >= 0.3 is 0 Å². The van der Waals surface area contributed by atoms with Crippen LogP contribution in [0.4, 0.5) is 4.39 Å². The number of rotatable bonds is 5. The largest absolute Gasteiger partial charge is 0.352 e. The molecule has 0 saturated carbocycles. The van der Waals surface area contributed by atoms with Gasteiger partial charge in [0, 0.05) is 18.1 Å². The molecular formula is C17H15ClFN3O. The number of carbonyl (C=O) groups excluding carboxylic acids is 1. The van der Waals surface area contributed by atoms with Gasteiger partial charge in [0.15, 0.2) is 0 Å². The van der Waals surface area contributed by atoms with Crippen molar-refractivity contribution in [3.63, 3.8) is 0 Å². The number of hydrogen-bond acceptors (Lipinski definition) is 2. The number of nitrogens with one attached hydrogen (secondary N) is 1. The lowest BCUT2D eigenvalue weighted by Crippen LogP contribution is -2.26. The molecule has 3 aromatic rings. The van der Waals surface area contributed by atoms with E-state index < -0.39 is 11.7 Å². The van der Waals surface area contributed by atoms with Crippen LogP contribution in [0.15, 0.2) is 48.8 Å². The number of aryl methyl sites for hydroxylation is 1. The normalized spacial score (nSPS) is 10.9. The number of benzene rings is 2. The van der Waals surface area contributed by atoms with Crippen molar-refractivity contribution in [1.29, 1.82) is 0 Å². The molecule has 3 rings (SSSR count). The zero-order valence-electron chi connectivity index (χ0n) is 12.3. The Hall–Kier alpha value is -2.40. The number of hydrogen-bond donors (Lipinski definition) is 1. The van der Waals surface area contributed by atoms with Gasteiger partial charge in [-0.25, -0.2) is 9.37 Å². The summed E-state index contributed by atoms with van der Waals surface area (Å²) in [7, 11) is 0. The highest BCUT2D eigenvalue weighted by atomic mass is 35.5. The molecule has 0 spiro atoms. The van der Waals surface area contributed by atoms with Crippen molar-refractivity contribution in [3.05, 3.63) is 65.2 Å². The van der Waals surface area contributed by atoms with Crippen molar-refractivity contribution in [1.82, 2.24) is 14.9 Å². The summed E-state index contributed by atoms with van der Waals surface area (Å²) in [6.07, 6.45) is 2.50. The number of amides is 1. The standard InChI is InChI=1S/C17H15ClFN3O/c18-12-6-7-14(19)13(10-12)17(23)20-8-3-9-22-11-21-15-4-1-2-5-16(15)22/h1-2,4-7,10-11H,3,8-9H2,(H,20,23). The van der Waals surface area contributed by atoms with Gasteiger partial charge in [-0.2, -0.15) is 0 Å².